The molecule has 0 bridgehead atoms. The average molecular weight is 300 g/mol. The molecule has 2 rings (SSSR count). The van der Waals surface area contributed by atoms with Crippen LogP contribution in [-0.4, -0.2) is 4.21 Å². The van der Waals surface area contributed by atoms with E-state index in [-0.39, 0.29) is 0 Å². The number of benzene rings is 2. The third-order valence-electron chi connectivity index (χ3n) is 2.42. The SMILES string of the molecule is Nc1ccc(CS(=O)c2cccc(Cl)c2)c(Cl)c1. The Morgan fingerprint density at radius 2 is 1.89 bits per heavy atom. The predicted octanol–water partition coefficient (Wildman–Crippen LogP) is 3.88. The molecular formula is C13H11Cl2NOS. The molecule has 0 aliphatic carbocycles. The van der Waals surface area contributed by atoms with Crippen LogP contribution in [0, 0.1) is 0 Å². The summed E-state index contributed by atoms with van der Waals surface area (Å²) >= 11 is 11.9. The first-order chi connectivity index (χ1) is 8.56. The minimum absolute atomic E-state index is 0.347. The molecule has 0 heterocycles. The van der Waals surface area contributed by atoms with Crippen LogP contribution in [0.15, 0.2) is 47.4 Å². The maximum atomic E-state index is 12.2. The average Bonchev–Trinajstić information content (AvgIpc) is 2.32. The standard InChI is InChI=1S/C13H11Cl2NOS/c14-10-2-1-3-12(6-10)18(17)8-9-4-5-11(16)7-13(9)15/h1-7H,8,16H2. The molecule has 2 N–H and O–H groups in total. The number of nitrogens with two attached hydrogens (primary N) is 1. The van der Waals surface area contributed by atoms with E-state index in [0.29, 0.717) is 26.4 Å². The molecule has 94 valence electrons. The van der Waals surface area contributed by atoms with Gasteiger partial charge in [-0.05, 0) is 35.9 Å². The van der Waals surface area contributed by atoms with Gasteiger partial charge in [-0.2, -0.15) is 0 Å². The summed E-state index contributed by atoms with van der Waals surface area (Å²) in [4.78, 5) is 0.690. The monoisotopic (exact) mass is 299 g/mol. The minimum atomic E-state index is -1.17. The minimum Gasteiger partial charge on any atom is -0.399 e. The third kappa shape index (κ3) is 3.25. The lowest BCUT2D eigenvalue weighted by molar-refractivity contribution is 0.682. The summed E-state index contributed by atoms with van der Waals surface area (Å²) in [5, 5.41) is 1.11. The van der Waals surface area contributed by atoms with Gasteiger partial charge < -0.3 is 5.73 Å². The molecule has 0 radical (unpaired) electrons. The summed E-state index contributed by atoms with van der Waals surface area (Å²) in [6, 6.07) is 12.2. The number of hydrogen-bond donors (Lipinski definition) is 1. The smallest absolute Gasteiger partial charge is 0.0575 e. The van der Waals surface area contributed by atoms with Crippen molar-refractivity contribution in [3.63, 3.8) is 0 Å². The van der Waals surface area contributed by atoms with Crippen LogP contribution in [0.5, 0.6) is 0 Å². The van der Waals surface area contributed by atoms with Gasteiger partial charge in [0.1, 0.15) is 0 Å². The maximum absolute atomic E-state index is 12.2. The zero-order valence-electron chi connectivity index (χ0n) is 9.40. The second-order valence-electron chi connectivity index (χ2n) is 3.80. The molecule has 2 aromatic carbocycles. The first-order valence-corrected chi connectivity index (χ1v) is 7.31. The Labute approximate surface area is 118 Å². The van der Waals surface area contributed by atoms with Gasteiger partial charge in [0.05, 0.1) is 16.6 Å². The Hall–Kier alpha value is -1.03. The van der Waals surface area contributed by atoms with Crippen LogP contribution in [0.2, 0.25) is 10.0 Å². The van der Waals surface area contributed by atoms with E-state index in [0.717, 1.165) is 5.56 Å². The van der Waals surface area contributed by atoms with Crippen molar-refractivity contribution >= 4 is 39.7 Å². The molecule has 0 fully saturated rings. The van der Waals surface area contributed by atoms with Crippen molar-refractivity contribution in [2.24, 2.45) is 0 Å². The molecule has 5 heteroatoms. The summed E-state index contributed by atoms with van der Waals surface area (Å²) in [6.07, 6.45) is 0. The Balaban J connectivity index is 2.21. The van der Waals surface area contributed by atoms with Crippen molar-refractivity contribution in [3.05, 3.63) is 58.1 Å². The molecule has 0 saturated carbocycles. The summed E-state index contributed by atoms with van der Waals surface area (Å²) in [5.41, 5.74) is 7.02. The van der Waals surface area contributed by atoms with Crippen LogP contribution in [0.4, 0.5) is 5.69 Å². The highest BCUT2D eigenvalue weighted by molar-refractivity contribution is 7.84. The number of nitrogen functional groups attached to an aromatic ring is 1. The van der Waals surface area contributed by atoms with Gasteiger partial charge in [-0.25, -0.2) is 0 Å². The highest BCUT2D eigenvalue weighted by Gasteiger charge is 2.08. The quantitative estimate of drug-likeness (QED) is 0.874. The van der Waals surface area contributed by atoms with E-state index in [1.807, 2.05) is 0 Å². The Morgan fingerprint density at radius 3 is 2.56 bits per heavy atom. The number of anilines is 1. The largest absolute Gasteiger partial charge is 0.399 e. The van der Waals surface area contributed by atoms with Gasteiger partial charge >= 0.3 is 0 Å². The van der Waals surface area contributed by atoms with Crippen LogP contribution in [-0.2, 0) is 16.6 Å². The fourth-order valence-corrected chi connectivity index (χ4v) is 3.29. The molecule has 2 nitrogen and oxygen atoms in total. The Morgan fingerprint density at radius 1 is 1.11 bits per heavy atom. The van der Waals surface area contributed by atoms with Crippen LogP contribution >= 0.6 is 23.2 Å². The highest BCUT2D eigenvalue weighted by Crippen LogP contribution is 2.23. The molecule has 0 spiro atoms. The fourth-order valence-electron chi connectivity index (χ4n) is 1.51. The second kappa shape index (κ2) is 5.74. The molecule has 18 heavy (non-hydrogen) atoms. The van der Waals surface area contributed by atoms with E-state index in [1.165, 1.54) is 0 Å². The number of rotatable bonds is 3. The maximum Gasteiger partial charge on any atom is 0.0575 e. The Kier molecular flexibility index (Phi) is 4.27. The van der Waals surface area contributed by atoms with Crippen LogP contribution < -0.4 is 5.73 Å². The first kappa shape index (κ1) is 13.4. The van der Waals surface area contributed by atoms with Gasteiger partial charge in [0.2, 0.25) is 0 Å². The van der Waals surface area contributed by atoms with Gasteiger partial charge in [0.15, 0.2) is 0 Å². The van der Waals surface area contributed by atoms with Crippen LogP contribution in [0.25, 0.3) is 0 Å². The first-order valence-electron chi connectivity index (χ1n) is 5.24. The van der Waals surface area contributed by atoms with Gasteiger partial charge in [-0.1, -0.05) is 35.3 Å². The number of halogens is 2. The predicted molar refractivity (Wildman–Crippen MR) is 77.4 cm³/mol. The Bertz CT molecular complexity index is 601. The summed E-state index contributed by atoms with van der Waals surface area (Å²) in [5.74, 6) is 0.347. The molecule has 0 saturated heterocycles. The third-order valence-corrected chi connectivity index (χ3v) is 4.36. The van der Waals surface area contributed by atoms with Crippen molar-refractivity contribution in [3.8, 4) is 0 Å². The zero-order valence-corrected chi connectivity index (χ0v) is 11.7. The molecular weight excluding hydrogens is 289 g/mol. The summed E-state index contributed by atoms with van der Waals surface area (Å²) in [6.45, 7) is 0. The van der Waals surface area contributed by atoms with Crippen molar-refractivity contribution in [2.45, 2.75) is 10.6 Å². The normalized spacial score (nSPS) is 12.3. The molecule has 1 unspecified atom stereocenters. The van der Waals surface area contributed by atoms with Gasteiger partial charge in [-0.15, -0.1) is 0 Å². The fraction of sp³-hybridized carbons (Fsp3) is 0.0769. The molecule has 0 amide bonds. The lowest BCUT2D eigenvalue weighted by Crippen LogP contribution is -1.98. The van der Waals surface area contributed by atoms with Gasteiger partial charge in [0, 0.05) is 20.6 Å². The summed E-state index contributed by atoms with van der Waals surface area (Å²) in [7, 11) is -1.17. The zero-order chi connectivity index (χ0) is 13.1. The lowest BCUT2D eigenvalue weighted by Gasteiger charge is -2.06. The molecule has 0 aromatic heterocycles. The summed E-state index contributed by atoms with van der Waals surface area (Å²) < 4.78 is 12.2. The highest BCUT2D eigenvalue weighted by atomic mass is 35.5. The van der Waals surface area contributed by atoms with Crippen molar-refractivity contribution < 1.29 is 4.21 Å². The van der Waals surface area contributed by atoms with E-state index < -0.39 is 10.8 Å². The van der Waals surface area contributed by atoms with Crippen molar-refractivity contribution in [1.29, 1.82) is 0 Å². The van der Waals surface area contributed by atoms with Gasteiger partial charge in [-0.3, -0.25) is 4.21 Å². The van der Waals surface area contributed by atoms with Crippen LogP contribution in [0.1, 0.15) is 5.56 Å². The van der Waals surface area contributed by atoms with Crippen molar-refractivity contribution in [2.75, 3.05) is 5.73 Å². The van der Waals surface area contributed by atoms with E-state index >= 15 is 0 Å². The molecule has 2 aromatic rings. The van der Waals surface area contributed by atoms with Crippen LogP contribution in [0.3, 0.4) is 0 Å². The lowest BCUT2D eigenvalue weighted by atomic mass is 10.2. The molecule has 1 atom stereocenters. The van der Waals surface area contributed by atoms with Crippen molar-refractivity contribution in [1.82, 2.24) is 0 Å². The van der Waals surface area contributed by atoms with E-state index in [4.69, 9.17) is 28.9 Å². The molecule has 0 aliphatic heterocycles. The van der Waals surface area contributed by atoms with E-state index in [2.05, 4.69) is 0 Å². The second-order valence-corrected chi connectivity index (χ2v) is 6.09. The molecule has 0 aliphatic rings. The van der Waals surface area contributed by atoms with E-state index in [9.17, 15) is 4.21 Å². The van der Waals surface area contributed by atoms with E-state index in [1.54, 1.807) is 42.5 Å². The topological polar surface area (TPSA) is 43.1 Å². The number of hydrogen-bond acceptors (Lipinski definition) is 2. The van der Waals surface area contributed by atoms with Gasteiger partial charge in [0.25, 0.3) is 0 Å².